The van der Waals surface area contributed by atoms with Gasteiger partial charge in [0.25, 0.3) is 0 Å². The Morgan fingerprint density at radius 2 is 2.24 bits per heavy atom. The van der Waals surface area contributed by atoms with E-state index in [0.29, 0.717) is 0 Å². The highest BCUT2D eigenvalue weighted by Crippen LogP contribution is 2.17. The maximum absolute atomic E-state index is 8.65. The van der Waals surface area contributed by atoms with Crippen LogP contribution in [0.25, 0.3) is 0 Å². The van der Waals surface area contributed by atoms with E-state index in [1.54, 1.807) is 0 Å². The zero-order chi connectivity index (χ0) is 12.8. The number of oxime groups is 1. The van der Waals surface area contributed by atoms with Crippen molar-refractivity contribution in [2.45, 2.75) is 20.8 Å². The van der Waals surface area contributed by atoms with E-state index in [0.717, 1.165) is 13.1 Å². The van der Waals surface area contributed by atoms with Gasteiger partial charge in [-0.15, -0.1) is 0 Å². The van der Waals surface area contributed by atoms with Gasteiger partial charge in [-0.2, -0.15) is 0 Å². The van der Waals surface area contributed by atoms with Crippen LogP contribution >= 0.6 is 0 Å². The largest absolute Gasteiger partial charge is 0.409 e. The molecule has 0 saturated heterocycles. The topological polar surface area (TPSA) is 61.8 Å². The number of nitrogens with zero attached hydrogens (tertiary/aromatic N) is 2. The number of hydrogen-bond acceptors (Lipinski definition) is 3. The SMILES string of the molecule is CCN(CC(C)/C(N)=N/O)c1cccc(C)c1. The molecule has 1 aromatic rings. The van der Waals surface area contributed by atoms with E-state index in [1.165, 1.54) is 11.3 Å². The average Bonchev–Trinajstić information content (AvgIpc) is 2.34. The zero-order valence-electron chi connectivity index (χ0n) is 10.7. The van der Waals surface area contributed by atoms with Crippen LogP contribution in [0.4, 0.5) is 5.69 Å². The molecule has 0 aliphatic carbocycles. The Labute approximate surface area is 103 Å². The van der Waals surface area contributed by atoms with E-state index in [-0.39, 0.29) is 11.8 Å². The van der Waals surface area contributed by atoms with E-state index in [4.69, 9.17) is 10.9 Å². The second kappa shape index (κ2) is 6.13. The molecule has 0 fully saturated rings. The van der Waals surface area contributed by atoms with Gasteiger partial charge in [-0.1, -0.05) is 24.2 Å². The number of aryl methyl sites for hydroxylation is 1. The molecule has 3 N–H and O–H groups in total. The summed E-state index contributed by atoms with van der Waals surface area (Å²) < 4.78 is 0. The minimum atomic E-state index is 0.0282. The third-order valence-corrected chi connectivity index (χ3v) is 2.86. The van der Waals surface area contributed by atoms with Crippen molar-refractivity contribution in [1.82, 2.24) is 0 Å². The normalized spacial score (nSPS) is 13.5. The first-order valence-electron chi connectivity index (χ1n) is 5.87. The fraction of sp³-hybridized carbons (Fsp3) is 0.462. The van der Waals surface area contributed by atoms with E-state index < -0.39 is 0 Å². The lowest BCUT2D eigenvalue weighted by molar-refractivity contribution is 0.314. The van der Waals surface area contributed by atoms with Crippen molar-refractivity contribution in [3.63, 3.8) is 0 Å². The third-order valence-electron chi connectivity index (χ3n) is 2.86. The van der Waals surface area contributed by atoms with Gasteiger partial charge in [0.15, 0.2) is 0 Å². The predicted molar refractivity (Wildman–Crippen MR) is 71.6 cm³/mol. The molecule has 0 aliphatic heterocycles. The van der Waals surface area contributed by atoms with Crippen LogP contribution in [0.3, 0.4) is 0 Å². The van der Waals surface area contributed by atoms with E-state index >= 15 is 0 Å². The number of benzene rings is 1. The van der Waals surface area contributed by atoms with Gasteiger partial charge in [0, 0.05) is 24.7 Å². The average molecular weight is 235 g/mol. The molecule has 94 valence electrons. The quantitative estimate of drug-likeness (QED) is 0.356. The van der Waals surface area contributed by atoms with Gasteiger partial charge in [0.1, 0.15) is 5.84 Å². The molecule has 1 atom stereocenters. The van der Waals surface area contributed by atoms with E-state index in [9.17, 15) is 0 Å². The minimum Gasteiger partial charge on any atom is -0.409 e. The molecule has 0 radical (unpaired) electrons. The van der Waals surface area contributed by atoms with Crippen molar-refractivity contribution < 1.29 is 5.21 Å². The number of amidine groups is 1. The van der Waals surface area contributed by atoms with Gasteiger partial charge in [-0.25, -0.2) is 0 Å². The zero-order valence-corrected chi connectivity index (χ0v) is 10.7. The summed E-state index contributed by atoms with van der Waals surface area (Å²) in [6.45, 7) is 7.77. The highest BCUT2D eigenvalue weighted by molar-refractivity contribution is 5.82. The molecule has 0 heterocycles. The summed E-state index contributed by atoms with van der Waals surface area (Å²) in [5.74, 6) is 0.302. The lowest BCUT2D eigenvalue weighted by atomic mass is 10.1. The summed E-state index contributed by atoms with van der Waals surface area (Å²) >= 11 is 0. The van der Waals surface area contributed by atoms with Gasteiger partial charge < -0.3 is 15.8 Å². The van der Waals surface area contributed by atoms with Crippen molar-refractivity contribution in [3.8, 4) is 0 Å². The Hall–Kier alpha value is -1.71. The number of hydrogen-bond donors (Lipinski definition) is 2. The lowest BCUT2D eigenvalue weighted by Gasteiger charge is -2.26. The molecule has 4 nitrogen and oxygen atoms in total. The number of rotatable bonds is 5. The van der Waals surface area contributed by atoms with Gasteiger partial charge in [0.05, 0.1) is 0 Å². The predicted octanol–water partition coefficient (Wildman–Crippen LogP) is 2.20. The molecule has 1 aromatic carbocycles. The van der Waals surface area contributed by atoms with Crippen LogP contribution in [0.5, 0.6) is 0 Å². The molecule has 0 bridgehead atoms. The smallest absolute Gasteiger partial charge is 0.143 e. The molecule has 0 saturated carbocycles. The van der Waals surface area contributed by atoms with E-state index in [2.05, 4.69) is 42.1 Å². The Morgan fingerprint density at radius 3 is 2.76 bits per heavy atom. The molecule has 1 rings (SSSR count). The molecular weight excluding hydrogens is 214 g/mol. The molecule has 4 heteroatoms. The van der Waals surface area contributed by atoms with E-state index in [1.807, 2.05) is 13.0 Å². The standard InChI is InChI=1S/C13H21N3O/c1-4-16(9-11(3)13(14)15-17)12-7-5-6-10(2)8-12/h5-8,11,17H,4,9H2,1-3H3,(H2,14,15). The highest BCUT2D eigenvalue weighted by atomic mass is 16.4. The van der Waals surface area contributed by atoms with Gasteiger partial charge >= 0.3 is 0 Å². The Bertz CT molecular complexity index is 390. The molecule has 0 spiro atoms. The van der Waals surface area contributed by atoms with Gasteiger partial charge in [-0.05, 0) is 31.5 Å². The van der Waals surface area contributed by atoms with Crippen LogP contribution in [0.1, 0.15) is 19.4 Å². The van der Waals surface area contributed by atoms with Gasteiger partial charge in [0.2, 0.25) is 0 Å². The molecule has 0 aliphatic rings. The van der Waals surface area contributed by atoms with Crippen molar-refractivity contribution in [2.24, 2.45) is 16.8 Å². The summed E-state index contributed by atoms with van der Waals surface area (Å²) in [5.41, 5.74) is 8.01. The number of nitrogens with two attached hydrogens (primary N) is 1. The Balaban J connectivity index is 2.79. The third kappa shape index (κ3) is 3.66. The molecule has 0 amide bonds. The fourth-order valence-corrected chi connectivity index (χ4v) is 1.76. The van der Waals surface area contributed by atoms with Gasteiger partial charge in [-0.3, -0.25) is 0 Å². The Kier molecular flexibility index (Phi) is 4.82. The second-order valence-corrected chi connectivity index (χ2v) is 4.30. The van der Waals surface area contributed by atoms with Crippen LogP contribution in [0.2, 0.25) is 0 Å². The second-order valence-electron chi connectivity index (χ2n) is 4.30. The Morgan fingerprint density at radius 1 is 1.53 bits per heavy atom. The molecule has 17 heavy (non-hydrogen) atoms. The summed E-state index contributed by atoms with van der Waals surface area (Å²) in [6, 6.07) is 8.34. The van der Waals surface area contributed by atoms with Crippen molar-refractivity contribution in [3.05, 3.63) is 29.8 Å². The fourth-order valence-electron chi connectivity index (χ4n) is 1.76. The lowest BCUT2D eigenvalue weighted by Crippen LogP contribution is -2.35. The van der Waals surface area contributed by atoms with Crippen LogP contribution in [-0.2, 0) is 0 Å². The summed E-state index contributed by atoms with van der Waals surface area (Å²) in [6.07, 6.45) is 0. The highest BCUT2D eigenvalue weighted by Gasteiger charge is 2.13. The number of anilines is 1. The van der Waals surface area contributed by atoms with Crippen molar-refractivity contribution >= 4 is 11.5 Å². The molecular formula is C13H21N3O. The maximum atomic E-state index is 8.65. The first-order chi connectivity index (χ1) is 8.08. The minimum absolute atomic E-state index is 0.0282. The van der Waals surface area contributed by atoms with Crippen molar-refractivity contribution in [2.75, 3.05) is 18.0 Å². The summed E-state index contributed by atoms with van der Waals surface area (Å²) in [5, 5.41) is 11.7. The maximum Gasteiger partial charge on any atom is 0.143 e. The van der Waals surface area contributed by atoms with Crippen molar-refractivity contribution in [1.29, 1.82) is 0 Å². The van der Waals surface area contributed by atoms with Crippen LogP contribution in [-0.4, -0.2) is 24.1 Å². The molecule has 1 unspecified atom stereocenters. The van der Waals surface area contributed by atoms with Crippen LogP contribution in [0, 0.1) is 12.8 Å². The first-order valence-corrected chi connectivity index (χ1v) is 5.87. The monoisotopic (exact) mass is 235 g/mol. The van der Waals surface area contributed by atoms with Crippen LogP contribution < -0.4 is 10.6 Å². The first kappa shape index (κ1) is 13.4. The van der Waals surface area contributed by atoms with Crippen LogP contribution in [0.15, 0.2) is 29.4 Å². The molecule has 0 aromatic heterocycles. The summed E-state index contributed by atoms with van der Waals surface area (Å²) in [7, 11) is 0. The summed E-state index contributed by atoms with van der Waals surface area (Å²) in [4.78, 5) is 2.22.